The molecule has 10 nitrogen and oxygen atoms in total. The number of carbonyl (C=O) groups is 1. The lowest BCUT2D eigenvalue weighted by molar-refractivity contribution is -0.127. The maximum absolute atomic E-state index is 12.1. The number of halogens is 1. The number of para-hydroxylation sites is 1. The number of hydrogen-bond acceptors (Lipinski definition) is 8. The minimum Gasteiger partial charge on any atom is -0.486 e. The molecular weight excluding hydrogens is 516 g/mol. The molecule has 1 aliphatic heterocycles. The largest absolute Gasteiger partial charge is 0.486 e. The van der Waals surface area contributed by atoms with Crippen molar-refractivity contribution in [2.24, 2.45) is 7.05 Å². The van der Waals surface area contributed by atoms with Gasteiger partial charge in [0.1, 0.15) is 36.0 Å². The van der Waals surface area contributed by atoms with E-state index in [2.05, 4.69) is 27.0 Å². The molecule has 0 radical (unpaired) electrons. The molecule has 1 unspecified atom stereocenters. The summed E-state index contributed by atoms with van der Waals surface area (Å²) >= 11 is 6.57. The van der Waals surface area contributed by atoms with Crippen molar-refractivity contribution in [1.82, 2.24) is 24.6 Å². The lowest BCUT2D eigenvalue weighted by atomic mass is 10.0. The van der Waals surface area contributed by atoms with Crippen LogP contribution in [-0.4, -0.2) is 55.4 Å². The van der Waals surface area contributed by atoms with Crippen LogP contribution in [0, 0.1) is 5.41 Å². The van der Waals surface area contributed by atoms with Gasteiger partial charge in [0.2, 0.25) is 5.91 Å². The Morgan fingerprint density at radius 1 is 1.31 bits per heavy atom. The number of piperidine rings is 1. The molecule has 1 amide bonds. The summed E-state index contributed by atoms with van der Waals surface area (Å²) in [4.78, 5) is 22.3. The van der Waals surface area contributed by atoms with Crippen molar-refractivity contribution in [3.05, 3.63) is 83.3 Å². The number of nitrogens with two attached hydrogens (primary N) is 1. The molecular formula is C28H29ClN8O2. The molecule has 1 atom stereocenters. The third kappa shape index (κ3) is 5.42. The van der Waals surface area contributed by atoms with Gasteiger partial charge in [-0.25, -0.2) is 9.97 Å². The molecule has 0 saturated carbocycles. The highest BCUT2D eigenvalue weighted by molar-refractivity contribution is 6.32. The molecule has 0 bridgehead atoms. The first kappa shape index (κ1) is 26.2. The molecule has 1 fully saturated rings. The van der Waals surface area contributed by atoms with Crippen molar-refractivity contribution >= 4 is 45.8 Å². The van der Waals surface area contributed by atoms with Gasteiger partial charge in [-0.1, -0.05) is 36.4 Å². The van der Waals surface area contributed by atoms with Crippen LogP contribution in [0.1, 0.15) is 29.7 Å². The van der Waals surface area contributed by atoms with Crippen LogP contribution in [0.2, 0.25) is 5.02 Å². The quantitative estimate of drug-likeness (QED) is 0.223. The molecule has 1 aliphatic rings. The minimum atomic E-state index is -0.107. The van der Waals surface area contributed by atoms with Crippen LogP contribution >= 0.6 is 11.6 Å². The fraction of sp³-hybridized carbons (Fsp3) is 0.250. The number of rotatable bonds is 8. The highest BCUT2D eigenvalue weighted by Crippen LogP contribution is 2.30. The normalized spacial score (nSPS) is 15.2. The summed E-state index contributed by atoms with van der Waals surface area (Å²) < 4.78 is 7.81. The van der Waals surface area contributed by atoms with Crippen LogP contribution in [0.15, 0.2) is 61.4 Å². The molecule has 4 N–H and O–H groups in total. The van der Waals surface area contributed by atoms with E-state index in [0.29, 0.717) is 40.8 Å². The maximum atomic E-state index is 12.1. The predicted octanol–water partition coefficient (Wildman–Crippen LogP) is 4.18. The van der Waals surface area contributed by atoms with Gasteiger partial charge in [-0.2, -0.15) is 5.10 Å². The number of carbonyl (C=O) groups excluding carboxylic acids is 1. The van der Waals surface area contributed by atoms with Crippen molar-refractivity contribution < 1.29 is 9.53 Å². The van der Waals surface area contributed by atoms with E-state index in [0.717, 1.165) is 29.4 Å². The van der Waals surface area contributed by atoms with E-state index in [-0.39, 0.29) is 30.1 Å². The van der Waals surface area contributed by atoms with Crippen molar-refractivity contribution in [2.45, 2.75) is 25.5 Å². The van der Waals surface area contributed by atoms with Gasteiger partial charge in [-0.15, -0.1) is 0 Å². The zero-order valence-corrected chi connectivity index (χ0v) is 22.3. The number of nitrogens with one attached hydrogen (secondary N) is 2. The van der Waals surface area contributed by atoms with Crippen LogP contribution in [0.5, 0.6) is 5.75 Å². The summed E-state index contributed by atoms with van der Waals surface area (Å²) in [6, 6.07) is 13.0. The van der Waals surface area contributed by atoms with Gasteiger partial charge < -0.3 is 20.7 Å². The van der Waals surface area contributed by atoms with Crippen LogP contribution < -0.4 is 15.8 Å². The number of fused-ring (bicyclic) bond motifs is 1. The number of amides is 1. The van der Waals surface area contributed by atoms with E-state index in [1.807, 2.05) is 36.0 Å². The van der Waals surface area contributed by atoms with Crippen molar-refractivity contribution in [3.63, 3.8) is 0 Å². The van der Waals surface area contributed by atoms with E-state index in [1.54, 1.807) is 23.1 Å². The smallest absolute Gasteiger partial charge is 0.246 e. The van der Waals surface area contributed by atoms with E-state index < -0.39 is 0 Å². The Morgan fingerprint density at radius 2 is 2.13 bits per heavy atom. The van der Waals surface area contributed by atoms with Crippen LogP contribution in [-0.2, 0) is 18.4 Å². The lowest BCUT2D eigenvalue weighted by Gasteiger charge is -2.33. The molecule has 5 rings (SSSR count). The number of nitrogens with zero attached hydrogens (tertiary/aromatic N) is 5. The Kier molecular flexibility index (Phi) is 7.47. The van der Waals surface area contributed by atoms with E-state index >= 15 is 0 Å². The second-order valence-corrected chi connectivity index (χ2v) is 9.76. The number of aromatic nitrogens is 4. The summed E-state index contributed by atoms with van der Waals surface area (Å²) in [7, 11) is 1.90. The zero-order chi connectivity index (χ0) is 27.5. The van der Waals surface area contributed by atoms with E-state index in [1.165, 1.54) is 12.4 Å². The molecule has 2 aromatic heterocycles. The monoisotopic (exact) mass is 544 g/mol. The molecule has 0 spiro atoms. The molecule has 2 aromatic carbocycles. The van der Waals surface area contributed by atoms with Crippen molar-refractivity contribution in [3.8, 4) is 5.75 Å². The second-order valence-electron chi connectivity index (χ2n) is 9.35. The molecule has 11 heteroatoms. The predicted molar refractivity (Wildman–Crippen MR) is 152 cm³/mol. The Hall–Kier alpha value is -4.44. The maximum Gasteiger partial charge on any atom is 0.246 e. The van der Waals surface area contributed by atoms with Gasteiger partial charge in [0, 0.05) is 37.1 Å². The summed E-state index contributed by atoms with van der Waals surface area (Å²) in [5, 5.41) is 18.2. The Bertz CT molecular complexity index is 1570. The highest BCUT2D eigenvalue weighted by Gasteiger charge is 2.25. The van der Waals surface area contributed by atoms with Gasteiger partial charge in [-0.05, 0) is 43.2 Å². The van der Waals surface area contributed by atoms with Gasteiger partial charge in [-0.3, -0.25) is 14.9 Å². The van der Waals surface area contributed by atoms with Crippen LogP contribution in [0.4, 0.5) is 11.6 Å². The zero-order valence-electron chi connectivity index (χ0n) is 21.5. The molecule has 1 saturated heterocycles. The molecule has 3 heterocycles. The Labute approximate surface area is 231 Å². The fourth-order valence-corrected chi connectivity index (χ4v) is 5.07. The number of anilines is 2. The summed E-state index contributed by atoms with van der Waals surface area (Å²) in [6.07, 6.45) is 4.37. The first-order valence-corrected chi connectivity index (χ1v) is 12.9. The molecule has 4 aromatic rings. The number of aryl methyl sites for hydroxylation is 1. The molecule has 200 valence electrons. The van der Waals surface area contributed by atoms with Gasteiger partial charge in [0.05, 0.1) is 21.8 Å². The van der Waals surface area contributed by atoms with Crippen molar-refractivity contribution in [1.29, 1.82) is 5.41 Å². The first-order chi connectivity index (χ1) is 18.9. The number of benzene rings is 2. The van der Waals surface area contributed by atoms with Gasteiger partial charge >= 0.3 is 0 Å². The Morgan fingerprint density at radius 3 is 2.92 bits per heavy atom. The number of ether oxygens (including phenoxy) is 1. The third-order valence-corrected chi connectivity index (χ3v) is 7.09. The van der Waals surface area contributed by atoms with Gasteiger partial charge in [0.15, 0.2) is 0 Å². The van der Waals surface area contributed by atoms with Crippen molar-refractivity contribution in [2.75, 3.05) is 24.1 Å². The highest BCUT2D eigenvalue weighted by atomic mass is 35.5. The van der Waals surface area contributed by atoms with E-state index in [4.69, 9.17) is 27.5 Å². The third-order valence-electron chi connectivity index (χ3n) is 6.79. The average Bonchev–Trinajstić information content (AvgIpc) is 3.27. The number of hydrogen-bond donors (Lipinski definition) is 3. The second kappa shape index (κ2) is 11.1. The summed E-state index contributed by atoms with van der Waals surface area (Å²) in [5.41, 5.74) is 9.06. The van der Waals surface area contributed by atoms with Gasteiger partial charge in [0.25, 0.3) is 0 Å². The first-order valence-electron chi connectivity index (χ1n) is 12.6. The number of likely N-dealkylation sites (tertiary alicyclic amines) is 1. The Balaban J connectivity index is 1.33. The summed E-state index contributed by atoms with van der Waals surface area (Å²) in [5.74, 6) is 0.979. The van der Waals surface area contributed by atoms with Crippen LogP contribution in [0.25, 0.3) is 10.9 Å². The summed E-state index contributed by atoms with van der Waals surface area (Å²) in [6.45, 7) is 5.01. The van der Waals surface area contributed by atoms with E-state index in [9.17, 15) is 4.79 Å². The SMILES string of the molecule is C=CC(=O)N1CCCC(Nc2ncnc(N)c2C(=N)c2ccc(OCc3nn(C)c4ccccc34)c(Cl)c2)C1. The van der Waals surface area contributed by atoms with Crippen LogP contribution in [0.3, 0.4) is 0 Å². The fourth-order valence-electron chi connectivity index (χ4n) is 4.83. The average molecular weight is 545 g/mol. The minimum absolute atomic E-state index is 0.0504. The molecule has 0 aliphatic carbocycles. The topological polar surface area (TPSA) is 135 Å². The lowest BCUT2D eigenvalue weighted by Crippen LogP contribution is -2.44. The molecule has 39 heavy (non-hydrogen) atoms. The number of nitrogen functional groups attached to an aromatic ring is 1. The standard InChI is InChI=1S/C28H29ClN8O2/c1-3-24(38)37-12-6-7-18(14-37)34-28-25(27(31)32-16-33-28)26(30)17-10-11-23(20(29)13-17)39-15-21-19-8-4-5-9-22(19)36(2)35-21/h3-5,8-11,13,16,18,30H,1,6-7,12,14-15H2,2H3,(H3,31,32,33,34).